The maximum Gasteiger partial charge on any atom is 0.141 e. The highest BCUT2D eigenvalue weighted by Gasteiger charge is 2.26. The second-order valence-corrected chi connectivity index (χ2v) is 11.6. The van der Waals surface area contributed by atoms with Crippen LogP contribution in [-0.4, -0.2) is 9.55 Å². The molecule has 6 aromatic rings. The number of fused-ring (bicyclic) bond motifs is 3. The van der Waals surface area contributed by atoms with E-state index < -0.39 is 0 Å². The largest absolute Gasteiger partial charge is 0.317 e. The Morgan fingerprint density at radius 3 is 2.07 bits per heavy atom. The van der Waals surface area contributed by atoms with Gasteiger partial charge in [0.05, 0.1) is 17.1 Å². The van der Waals surface area contributed by atoms with Crippen LogP contribution >= 0.6 is 0 Å². The minimum atomic E-state index is 0.195. The zero-order valence-corrected chi connectivity index (χ0v) is 23.7. The van der Waals surface area contributed by atoms with Crippen molar-refractivity contribution in [3.63, 3.8) is 0 Å². The van der Waals surface area contributed by atoms with Gasteiger partial charge in [-0.05, 0) is 75.1 Å². The summed E-state index contributed by atoms with van der Waals surface area (Å²) in [5.41, 5.74) is 11.6. The minimum Gasteiger partial charge on any atom is -0.317 e. The number of rotatable bonds is 4. The lowest BCUT2D eigenvalue weighted by Gasteiger charge is -2.28. The van der Waals surface area contributed by atoms with E-state index in [1.165, 1.54) is 49.7 Å². The Balaban J connectivity index is 1.28. The van der Waals surface area contributed by atoms with Gasteiger partial charge in [-0.3, -0.25) is 0 Å². The van der Waals surface area contributed by atoms with E-state index in [1.807, 2.05) is 0 Å². The molecule has 5 aromatic carbocycles. The zero-order chi connectivity index (χ0) is 28.0. The van der Waals surface area contributed by atoms with Crippen molar-refractivity contribution >= 4 is 33.5 Å². The lowest BCUT2D eigenvalue weighted by molar-refractivity contribution is 0.632. The molecule has 0 aliphatic heterocycles. The van der Waals surface area contributed by atoms with E-state index in [-0.39, 0.29) is 6.04 Å². The smallest absolute Gasteiger partial charge is 0.141 e. The number of hydrogen-bond donors (Lipinski definition) is 0. The zero-order valence-electron chi connectivity index (χ0n) is 23.7. The topological polar surface area (TPSA) is 17.8 Å². The number of nitrogens with zero attached hydrogens (tertiary/aromatic N) is 2. The van der Waals surface area contributed by atoms with Crippen LogP contribution in [0.15, 0.2) is 133 Å². The van der Waals surface area contributed by atoms with Crippen LogP contribution in [0, 0.1) is 5.92 Å². The molecule has 2 unspecified atom stereocenters. The Morgan fingerprint density at radius 2 is 1.33 bits per heavy atom. The van der Waals surface area contributed by atoms with Gasteiger partial charge in [0.25, 0.3) is 0 Å². The van der Waals surface area contributed by atoms with Gasteiger partial charge in [-0.15, -0.1) is 0 Å². The van der Waals surface area contributed by atoms with E-state index in [9.17, 15) is 0 Å². The van der Waals surface area contributed by atoms with E-state index in [4.69, 9.17) is 4.98 Å². The quantitative estimate of drug-likeness (QED) is 0.217. The van der Waals surface area contributed by atoms with Crippen molar-refractivity contribution in [1.82, 2.24) is 9.55 Å². The molecule has 1 aromatic heterocycles. The van der Waals surface area contributed by atoms with Gasteiger partial charge in [-0.2, -0.15) is 0 Å². The lowest BCUT2D eigenvalue weighted by Crippen LogP contribution is -2.12. The van der Waals surface area contributed by atoms with Gasteiger partial charge in [-0.1, -0.05) is 134 Å². The molecule has 1 heterocycles. The molecular formula is C40H32N2. The molecule has 0 saturated carbocycles. The lowest BCUT2D eigenvalue weighted by atomic mass is 9.77. The summed E-state index contributed by atoms with van der Waals surface area (Å²) in [7, 11) is 0. The van der Waals surface area contributed by atoms with Crippen LogP contribution in [0.25, 0.3) is 56.0 Å². The van der Waals surface area contributed by atoms with Gasteiger partial charge in [0.15, 0.2) is 0 Å². The maximum atomic E-state index is 5.08. The molecule has 2 atom stereocenters. The summed E-state index contributed by atoms with van der Waals surface area (Å²) in [5, 5.41) is 2.66. The Morgan fingerprint density at radius 1 is 0.667 bits per heavy atom. The van der Waals surface area contributed by atoms with Crippen LogP contribution in [0.1, 0.15) is 36.1 Å². The van der Waals surface area contributed by atoms with Crippen molar-refractivity contribution in [3.8, 4) is 22.5 Å². The van der Waals surface area contributed by atoms with Crippen molar-refractivity contribution in [2.45, 2.75) is 25.8 Å². The standard InChI is InChI=1S/C40H32N2/c1-27-20-25-34-35(26-27)39(33-17-9-8-16-32(33)38(34)28-12-4-2-5-13-28)29-21-23-31(24-22-29)42-37-19-11-10-18-36(37)41-40(42)30-14-6-3-7-15-30/h2-23,25,27,31H,24,26H2,1H3. The van der Waals surface area contributed by atoms with Crippen LogP contribution in [0.2, 0.25) is 0 Å². The fourth-order valence-electron chi connectivity index (χ4n) is 6.96. The summed E-state index contributed by atoms with van der Waals surface area (Å²) >= 11 is 0. The van der Waals surface area contributed by atoms with E-state index in [0.717, 1.165) is 29.7 Å². The molecule has 0 fully saturated rings. The number of para-hydroxylation sites is 2. The second-order valence-electron chi connectivity index (χ2n) is 11.6. The first-order valence-corrected chi connectivity index (χ1v) is 15.0. The number of hydrogen-bond acceptors (Lipinski definition) is 1. The predicted octanol–water partition coefficient (Wildman–Crippen LogP) is 10.3. The Bertz CT molecular complexity index is 2040. The first-order chi connectivity index (χ1) is 20.8. The molecule has 0 bridgehead atoms. The molecule has 42 heavy (non-hydrogen) atoms. The van der Waals surface area contributed by atoms with E-state index in [2.05, 4.69) is 151 Å². The highest BCUT2D eigenvalue weighted by atomic mass is 15.1. The molecule has 0 amide bonds. The summed E-state index contributed by atoms with van der Waals surface area (Å²) < 4.78 is 2.42. The van der Waals surface area contributed by atoms with E-state index in [1.54, 1.807) is 0 Å². The Labute approximate surface area is 247 Å². The molecule has 2 nitrogen and oxygen atoms in total. The first-order valence-electron chi connectivity index (χ1n) is 15.0. The molecule has 0 N–H and O–H groups in total. The Kier molecular flexibility index (Phi) is 6.00. The Hall–Kier alpha value is -4.95. The van der Waals surface area contributed by atoms with Gasteiger partial charge in [0.2, 0.25) is 0 Å². The van der Waals surface area contributed by atoms with Crippen LogP contribution < -0.4 is 0 Å². The molecule has 2 aliphatic carbocycles. The summed E-state index contributed by atoms with van der Waals surface area (Å²) in [4.78, 5) is 5.08. The second kappa shape index (κ2) is 10.2. The van der Waals surface area contributed by atoms with Crippen molar-refractivity contribution in [3.05, 3.63) is 150 Å². The molecule has 0 saturated heterocycles. The molecule has 8 rings (SSSR count). The van der Waals surface area contributed by atoms with Gasteiger partial charge in [-0.25, -0.2) is 4.98 Å². The fraction of sp³-hybridized carbons (Fsp3) is 0.125. The molecule has 2 aliphatic rings. The van der Waals surface area contributed by atoms with Gasteiger partial charge in [0.1, 0.15) is 5.82 Å². The minimum absolute atomic E-state index is 0.195. The maximum absolute atomic E-state index is 5.08. The van der Waals surface area contributed by atoms with Crippen molar-refractivity contribution in [2.75, 3.05) is 0 Å². The van der Waals surface area contributed by atoms with Crippen LogP contribution in [0.3, 0.4) is 0 Å². The predicted molar refractivity (Wildman–Crippen MR) is 177 cm³/mol. The van der Waals surface area contributed by atoms with Crippen LogP contribution in [-0.2, 0) is 6.42 Å². The first kappa shape index (κ1) is 24.8. The third kappa shape index (κ3) is 4.06. The fourth-order valence-corrected chi connectivity index (χ4v) is 6.96. The molecule has 0 spiro atoms. The highest BCUT2D eigenvalue weighted by molar-refractivity contribution is 6.08. The molecular weight excluding hydrogens is 508 g/mol. The summed E-state index contributed by atoms with van der Waals surface area (Å²) in [5.74, 6) is 1.53. The van der Waals surface area contributed by atoms with Crippen LogP contribution in [0.4, 0.5) is 0 Å². The number of aromatic nitrogens is 2. The summed E-state index contributed by atoms with van der Waals surface area (Å²) in [6, 6.07) is 39.2. The van der Waals surface area contributed by atoms with Crippen LogP contribution in [0.5, 0.6) is 0 Å². The average Bonchev–Trinajstić information content (AvgIpc) is 3.44. The van der Waals surface area contributed by atoms with Crippen molar-refractivity contribution in [1.29, 1.82) is 0 Å². The SMILES string of the molecule is CC1C=Cc2c(c(C3=CCC(n4c(-c5ccccc5)nc5ccccc54)C=C3)c3ccccc3c2-c2ccccc2)C1. The van der Waals surface area contributed by atoms with Crippen molar-refractivity contribution < 1.29 is 0 Å². The van der Waals surface area contributed by atoms with E-state index in [0.29, 0.717) is 5.92 Å². The highest BCUT2D eigenvalue weighted by Crippen LogP contribution is 2.45. The molecule has 2 heteroatoms. The normalized spacial score (nSPS) is 17.9. The molecule has 0 radical (unpaired) electrons. The third-order valence-corrected chi connectivity index (χ3v) is 8.87. The third-order valence-electron chi connectivity index (χ3n) is 8.87. The monoisotopic (exact) mass is 540 g/mol. The number of allylic oxidation sites excluding steroid dienone is 5. The van der Waals surface area contributed by atoms with Gasteiger partial charge >= 0.3 is 0 Å². The van der Waals surface area contributed by atoms with Gasteiger partial charge < -0.3 is 4.57 Å². The van der Waals surface area contributed by atoms with Crippen molar-refractivity contribution in [2.24, 2.45) is 5.92 Å². The number of imidazole rings is 1. The summed E-state index contributed by atoms with van der Waals surface area (Å²) in [6.07, 6.45) is 13.9. The van der Waals surface area contributed by atoms with E-state index >= 15 is 0 Å². The summed E-state index contributed by atoms with van der Waals surface area (Å²) in [6.45, 7) is 2.33. The average molecular weight is 541 g/mol. The number of benzene rings is 5. The molecule has 202 valence electrons. The van der Waals surface area contributed by atoms with Gasteiger partial charge in [0, 0.05) is 5.56 Å².